The molecule has 140 valence electrons. The number of carbonyl (C=O) groups is 1. The molecule has 8 nitrogen and oxygen atoms in total. The lowest BCUT2D eigenvalue weighted by molar-refractivity contribution is 0.0442. The highest BCUT2D eigenvalue weighted by molar-refractivity contribution is 5.89. The number of rotatable bonds is 4. The van der Waals surface area contributed by atoms with E-state index in [4.69, 9.17) is 4.74 Å². The van der Waals surface area contributed by atoms with Crippen molar-refractivity contribution in [2.45, 2.75) is 19.1 Å². The summed E-state index contributed by atoms with van der Waals surface area (Å²) in [6.45, 7) is 2.49. The summed E-state index contributed by atoms with van der Waals surface area (Å²) in [6, 6.07) is 11.3. The Hall–Kier alpha value is -3.13. The van der Waals surface area contributed by atoms with Crippen LogP contribution in [0.15, 0.2) is 61.2 Å². The lowest BCUT2D eigenvalue weighted by Crippen LogP contribution is -2.41. The van der Waals surface area contributed by atoms with E-state index in [1.165, 1.54) is 0 Å². The van der Waals surface area contributed by atoms with Crippen molar-refractivity contribution >= 4 is 11.7 Å². The summed E-state index contributed by atoms with van der Waals surface area (Å²) in [6.07, 6.45) is 8.01. The SMILES string of the molecule is O=C(Nc1ccc(-n2cccn2)cc1)N1CCCOC(Cn2cccn2)C1. The second-order valence-electron chi connectivity index (χ2n) is 6.45. The van der Waals surface area contributed by atoms with Crippen LogP contribution in [0.4, 0.5) is 10.5 Å². The van der Waals surface area contributed by atoms with E-state index in [2.05, 4.69) is 15.5 Å². The van der Waals surface area contributed by atoms with Gasteiger partial charge in [-0.25, -0.2) is 9.48 Å². The Morgan fingerprint density at radius 3 is 2.70 bits per heavy atom. The molecule has 4 rings (SSSR count). The highest BCUT2D eigenvalue weighted by Crippen LogP contribution is 2.15. The molecule has 0 radical (unpaired) electrons. The van der Waals surface area contributed by atoms with E-state index in [0.717, 1.165) is 17.8 Å². The number of amides is 2. The maximum absolute atomic E-state index is 12.7. The van der Waals surface area contributed by atoms with Gasteiger partial charge in [-0.15, -0.1) is 0 Å². The molecule has 0 saturated carbocycles. The van der Waals surface area contributed by atoms with Gasteiger partial charge in [0.1, 0.15) is 0 Å². The third kappa shape index (κ3) is 4.35. The molecule has 1 atom stereocenters. The molecule has 1 aliphatic rings. The van der Waals surface area contributed by atoms with E-state index in [1.54, 1.807) is 17.1 Å². The van der Waals surface area contributed by atoms with Crippen molar-refractivity contribution in [1.29, 1.82) is 0 Å². The van der Waals surface area contributed by atoms with Gasteiger partial charge in [0.25, 0.3) is 0 Å². The second-order valence-corrected chi connectivity index (χ2v) is 6.45. The first-order valence-electron chi connectivity index (χ1n) is 9.03. The largest absolute Gasteiger partial charge is 0.374 e. The van der Waals surface area contributed by atoms with E-state index in [0.29, 0.717) is 26.2 Å². The maximum Gasteiger partial charge on any atom is 0.321 e. The first-order chi connectivity index (χ1) is 13.3. The average Bonchev–Trinajstić information content (AvgIpc) is 3.34. The Bertz CT molecular complexity index is 845. The van der Waals surface area contributed by atoms with Gasteiger partial charge in [-0.2, -0.15) is 10.2 Å². The van der Waals surface area contributed by atoms with Crippen LogP contribution in [0.1, 0.15) is 6.42 Å². The Labute approximate surface area is 157 Å². The molecule has 0 aliphatic carbocycles. The van der Waals surface area contributed by atoms with Gasteiger partial charge >= 0.3 is 6.03 Å². The van der Waals surface area contributed by atoms with E-state index in [9.17, 15) is 4.79 Å². The van der Waals surface area contributed by atoms with Crippen LogP contribution in [-0.4, -0.2) is 56.3 Å². The molecule has 1 saturated heterocycles. The molecule has 1 N–H and O–H groups in total. The molecule has 27 heavy (non-hydrogen) atoms. The van der Waals surface area contributed by atoms with Gasteiger partial charge in [0.05, 0.1) is 24.9 Å². The predicted molar refractivity (Wildman–Crippen MR) is 101 cm³/mol. The van der Waals surface area contributed by atoms with Gasteiger partial charge in [0.2, 0.25) is 0 Å². The summed E-state index contributed by atoms with van der Waals surface area (Å²) < 4.78 is 9.48. The van der Waals surface area contributed by atoms with Crippen molar-refractivity contribution < 1.29 is 9.53 Å². The summed E-state index contributed by atoms with van der Waals surface area (Å²) in [7, 11) is 0. The number of urea groups is 1. The third-order valence-electron chi connectivity index (χ3n) is 4.47. The zero-order chi connectivity index (χ0) is 18.5. The van der Waals surface area contributed by atoms with Gasteiger partial charge in [-0.05, 0) is 42.8 Å². The molecule has 3 aromatic rings. The minimum atomic E-state index is -0.113. The number of hydrogen-bond acceptors (Lipinski definition) is 4. The Kier molecular flexibility index (Phi) is 5.15. The molecule has 2 aromatic heterocycles. The molecular weight excluding hydrogens is 344 g/mol. The molecule has 8 heteroatoms. The van der Waals surface area contributed by atoms with Gasteiger partial charge in [0.15, 0.2) is 0 Å². The standard InChI is InChI=1S/C19H22N6O2/c26-19(22-16-4-6-17(7-5-16)25-12-2-9-21-25)23-10-3-13-27-18(14-23)15-24-11-1-8-20-24/h1-2,4-9,11-12,18H,3,10,13-15H2,(H,22,26). The Balaban J connectivity index is 1.37. The van der Waals surface area contributed by atoms with Crippen molar-refractivity contribution in [1.82, 2.24) is 24.5 Å². The second kappa shape index (κ2) is 8.05. The molecular formula is C19H22N6O2. The Morgan fingerprint density at radius 1 is 1.15 bits per heavy atom. The zero-order valence-corrected chi connectivity index (χ0v) is 14.9. The summed E-state index contributed by atoms with van der Waals surface area (Å²) in [4.78, 5) is 14.5. The van der Waals surface area contributed by atoms with Crippen molar-refractivity contribution in [3.63, 3.8) is 0 Å². The van der Waals surface area contributed by atoms with Gasteiger partial charge < -0.3 is 15.0 Å². The van der Waals surface area contributed by atoms with Gasteiger partial charge in [0, 0.05) is 43.6 Å². The van der Waals surface area contributed by atoms with E-state index in [-0.39, 0.29) is 12.1 Å². The Morgan fingerprint density at radius 2 is 1.96 bits per heavy atom. The van der Waals surface area contributed by atoms with Crippen LogP contribution < -0.4 is 5.32 Å². The van der Waals surface area contributed by atoms with Crippen LogP contribution in [0.25, 0.3) is 5.69 Å². The number of aromatic nitrogens is 4. The number of anilines is 1. The fraction of sp³-hybridized carbons (Fsp3) is 0.316. The number of ether oxygens (including phenoxy) is 1. The molecule has 3 heterocycles. The summed E-state index contributed by atoms with van der Waals surface area (Å²) in [5, 5.41) is 11.4. The molecule has 2 amide bonds. The van der Waals surface area contributed by atoms with Gasteiger partial charge in [-0.3, -0.25) is 4.68 Å². The van der Waals surface area contributed by atoms with E-state index >= 15 is 0 Å². The van der Waals surface area contributed by atoms with E-state index < -0.39 is 0 Å². The minimum absolute atomic E-state index is 0.0691. The van der Waals surface area contributed by atoms with E-state index in [1.807, 2.05) is 58.4 Å². The molecule has 1 aliphatic heterocycles. The minimum Gasteiger partial charge on any atom is -0.374 e. The number of hydrogen-bond donors (Lipinski definition) is 1. The smallest absolute Gasteiger partial charge is 0.321 e. The van der Waals surface area contributed by atoms with Crippen molar-refractivity contribution in [3.8, 4) is 5.69 Å². The fourth-order valence-corrected chi connectivity index (χ4v) is 3.13. The molecule has 1 fully saturated rings. The topological polar surface area (TPSA) is 77.2 Å². The third-order valence-corrected chi connectivity index (χ3v) is 4.47. The molecule has 1 unspecified atom stereocenters. The first-order valence-corrected chi connectivity index (χ1v) is 9.03. The summed E-state index contributed by atoms with van der Waals surface area (Å²) in [5.74, 6) is 0. The number of nitrogens with zero attached hydrogens (tertiary/aromatic N) is 5. The number of carbonyl (C=O) groups excluding carboxylic acids is 1. The summed E-state index contributed by atoms with van der Waals surface area (Å²) in [5.41, 5.74) is 1.70. The lowest BCUT2D eigenvalue weighted by Gasteiger charge is -2.24. The highest BCUT2D eigenvalue weighted by atomic mass is 16.5. The normalized spacial score (nSPS) is 17.5. The van der Waals surface area contributed by atoms with Crippen LogP contribution in [0.2, 0.25) is 0 Å². The first kappa shape index (κ1) is 17.3. The monoisotopic (exact) mass is 366 g/mol. The van der Waals surface area contributed by atoms with Crippen molar-refractivity contribution in [2.24, 2.45) is 0 Å². The van der Waals surface area contributed by atoms with Crippen LogP contribution in [0, 0.1) is 0 Å². The van der Waals surface area contributed by atoms with Crippen LogP contribution in [0.3, 0.4) is 0 Å². The van der Waals surface area contributed by atoms with Crippen LogP contribution >= 0.6 is 0 Å². The maximum atomic E-state index is 12.7. The fourth-order valence-electron chi connectivity index (χ4n) is 3.13. The van der Waals surface area contributed by atoms with Crippen molar-refractivity contribution in [2.75, 3.05) is 25.0 Å². The molecule has 0 bridgehead atoms. The van der Waals surface area contributed by atoms with Gasteiger partial charge in [-0.1, -0.05) is 0 Å². The van der Waals surface area contributed by atoms with Crippen molar-refractivity contribution in [3.05, 3.63) is 61.2 Å². The highest BCUT2D eigenvalue weighted by Gasteiger charge is 2.23. The lowest BCUT2D eigenvalue weighted by atomic mass is 10.3. The molecule has 0 spiro atoms. The van der Waals surface area contributed by atoms with Crippen LogP contribution in [0.5, 0.6) is 0 Å². The number of nitrogens with one attached hydrogen (secondary N) is 1. The average molecular weight is 366 g/mol. The zero-order valence-electron chi connectivity index (χ0n) is 14.9. The number of benzene rings is 1. The quantitative estimate of drug-likeness (QED) is 0.769. The predicted octanol–water partition coefficient (Wildman–Crippen LogP) is 2.39. The summed E-state index contributed by atoms with van der Waals surface area (Å²) >= 11 is 0. The van der Waals surface area contributed by atoms with Crippen LogP contribution in [-0.2, 0) is 11.3 Å². The molecule has 1 aromatic carbocycles.